The van der Waals surface area contributed by atoms with Gasteiger partial charge in [0.05, 0.1) is 5.75 Å². The number of aryl methyl sites for hydroxylation is 2. The molecule has 1 aliphatic rings. The number of anilines is 2. The molecule has 5 rings (SSSR count). The molecule has 1 atom stereocenters. The maximum atomic E-state index is 12.2. The Kier molecular flexibility index (Phi) is 8.65. The van der Waals surface area contributed by atoms with Crippen molar-refractivity contribution in [3.63, 3.8) is 0 Å². The van der Waals surface area contributed by atoms with Crippen molar-refractivity contribution in [2.75, 3.05) is 11.1 Å². The molecule has 3 N–H and O–H groups in total. The van der Waals surface area contributed by atoms with Crippen LogP contribution in [0.5, 0.6) is 0 Å². The van der Waals surface area contributed by atoms with Crippen LogP contribution >= 0.6 is 11.8 Å². The molecule has 206 valence electrons. The first-order valence-electron chi connectivity index (χ1n) is 13.4. The number of nitrogens with zero attached hydrogens (tertiary/aromatic N) is 1. The molecule has 6 nitrogen and oxygen atoms in total. The van der Waals surface area contributed by atoms with Crippen molar-refractivity contribution in [2.45, 2.75) is 26.3 Å². The molecule has 0 aliphatic carbocycles. The average molecular weight is 562 g/mol. The van der Waals surface area contributed by atoms with Crippen LogP contribution in [0, 0.1) is 13.8 Å². The van der Waals surface area contributed by atoms with Gasteiger partial charge in [0.25, 0.3) is 5.91 Å². The number of carboxylic acid groups (broad SMARTS) is 1. The maximum Gasteiger partial charge on any atom is 0.313 e. The standard InChI is InChI=1S/C34H31N3O3S/c1-22-8-13-27(18-23(22)2)30(26-6-4-3-5-7-26)19-24-9-14-28(15-10-24)35-29-16-11-25(12-17-29)20-31-33(40)37-34(36-31)41-21-32(38)39/h3-19,31,35H,20-21H2,1-2H3,(H,38,39)(H,36,37,40)/b30-19+. The summed E-state index contributed by atoms with van der Waals surface area (Å²) in [5.74, 6) is -1.29. The van der Waals surface area contributed by atoms with Crippen molar-refractivity contribution >= 4 is 51.8 Å². The summed E-state index contributed by atoms with van der Waals surface area (Å²) in [6.07, 6.45) is 2.68. The van der Waals surface area contributed by atoms with E-state index in [2.05, 4.69) is 102 Å². The summed E-state index contributed by atoms with van der Waals surface area (Å²) in [6.45, 7) is 4.28. The van der Waals surface area contributed by atoms with E-state index in [1.54, 1.807) is 0 Å². The lowest BCUT2D eigenvalue weighted by Gasteiger charge is -2.12. The Labute approximate surface area is 244 Å². The minimum absolute atomic E-state index is 0.135. The highest BCUT2D eigenvalue weighted by atomic mass is 32.2. The molecular weight excluding hydrogens is 530 g/mol. The highest BCUT2D eigenvalue weighted by Gasteiger charge is 2.27. The maximum absolute atomic E-state index is 12.2. The van der Waals surface area contributed by atoms with Gasteiger partial charge < -0.3 is 15.7 Å². The van der Waals surface area contributed by atoms with Crippen molar-refractivity contribution in [1.82, 2.24) is 5.32 Å². The normalized spacial score (nSPS) is 14.9. The Hall–Kier alpha value is -4.62. The monoisotopic (exact) mass is 561 g/mol. The molecule has 1 unspecified atom stereocenters. The number of carboxylic acids is 1. The summed E-state index contributed by atoms with van der Waals surface area (Å²) in [6, 6.07) is 32.8. The van der Waals surface area contributed by atoms with Crippen LogP contribution in [0.2, 0.25) is 0 Å². The van der Waals surface area contributed by atoms with Crippen LogP contribution in [0.3, 0.4) is 0 Å². The minimum Gasteiger partial charge on any atom is -0.481 e. The molecule has 0 spiro atoms. The SMILES string of the molecule is Cc1ccc(/C(=C/c2ccc(Nc3ccc(CC4N=C(SCC(=O)O)NC4=O)cc3)cc2)c2ccccc2)cc1C. The van der Waals surface area contributed by atoms with Crippen molar-refractivity contribution in [1.29, 1.82) is 0 Å². The predicted octanol–water partition coefficient (Wildman–Crippen LogP) is 6.85. The lowest BCUT2D eigenvalue weighted by Crippen LogP contribution is -2.29. The third-order valence-corrected chi connectivity index (χ3v) is 7.81. The van der Waals surface area contributed by atoms with E-state index in [1.807, 2.05) is 30.3 Å². The van der Waals surface area contributed by atoms with Gasteiger partial charge in [-0.05, 0) is 83.1 Å². The summed E-state index contributed by atoms with van der Waals surface area (Å²) in [5, 5.41) is 15.3. The second-order valence-electron chi connectivity index (χ2n) is 9.99. The number of nitrogens with one attached hydrogen (secondary N) is 2. The average Bonchev–Trinajstić information content (AvgIpc) is 3.33. The molecule has 4 aromatic rings. The fraction of sp³-hybridized carbons (Fsp3) is 0.147. The Morgan fingerprint density at radius 3 is 2.24 bits per heavy atom. The van der Waals surface area contributed by atoms with Crippen LogP contribution in [-0.2, 0) is 16.0 Å². The molecule has 1 aliphatic heterocycles. The molecule has 0 aromatic heterocycles. The van der Waals surface area contributed by atoms with E-state index in [9.17, 15) is 9.59 Å². The first-order valence-corrected chi connectivity index (χ1v) is 14.4. The van der Waals surface area contributed by atoms with Gasteiger partial charge in [-0.2, -0.15) is 0 Å². The fourth-order valence-electron chi connectivity index (χ4n) is 4.57. The summed E-state index contributed by atoms with van der Waals surface area (Å²) in [5.41, 5.74) is 10.1. The van der Waals surface area contributed by atoms with E-state index in [0.29, 0.717) is 11.6 Å². The molecule has 4 aromatic carbocycles. The lowest BCUT2D eigenvalue weighted by atomic mass is 9.93. The van der Waals surface area contributed by atoms with Crippen LogP contribution in [0.4, 0.5) is 11.4 Å². The number of aliphatic carboxylic acids is 1. The van der Waals surface area contributed by atoms with Gasteiger partial charge in [-0.3, -0.25) is 9.59 Å². The molecule has 0 fully saturated rings. The molecule has 41 heavy (non-hydrogen) atoms. The minimum atomic E-state index is -0.946. The second-order valence-corrected chi connectivity index (χ2v) is 11.0. The highest BCUT2D eigenvalue weighted by Crippen LogP contribution is 2.28. The fourth-order valence-corrected chi connectivity index (χ4v) is 5.20. The molecule has 0 bridgehead atoms. The highest BCUT2D eigenvalue weighted by molar-refractivity contribution is 8.14. The summed E-state index contributed by atoms with van der Waals surface area (Å²) < 4.78 is 0. The quantitative estimate of drug-likeness (QED) is 0.195. The predicted molar refractivity (Wildman–Crippen MR) is 169 cm³/mol. The van der Waals surface area contributed by atoms with Gasteiger partial charge in [-0.15, -0.1) is 0 Å². The van der Waals surface area contributed by atoms with E-state index < -0.39 is 12.0 Å². The third-order valence-electron chi connectivity index (χ3n) is 6.93. The molecular formula is C34H31N3O3S. The third kappa shape index (κ3) is 7.32. The number of benzene rings is 4. The van der Waals surface area contributed by atoms with Crippen molar-refractivity contribution < 1.29 is 14.7 Å². The number of hydrogen-bond donors (Lipinski definition) is 3. The summed E-state index contributed by atoms with van der Waals surface area (Å²) in [4.78, 5) is 27.3. The van der Waals surface area contributed by atoms with Crippen molar-refractivity contribution in [2.24, 2.45) is 4.99 Å². The van der Waals surface area contributed by atoms with Gasteiger partial charge >= 0.3 is 5.97 Å². The second kappa shape index (κ2) is 12.7. The Morgan fingerprint density at radius 2 is 1.59 bits per heavy atom. The largest absolute Gasteiger partial charge is 0.481 e. The first kappa shape index (κ1) is 27.9. The Balaban J connectivity index is 1.26. The van der Waals surface area contributed by atoms with E-state index in [-0.39, 0.29) is 11.7 Å². The van der Waals surface area contributed by atoms with E-state index in [0.717, 1.165) is 34.3 Å². The van der Waals surface area contributed by atoms with Gasteiger partial charge in [0.2, 0.25) is 0 Å². The number of hydrogen-bond acceptors (Lipinski definition) is 5. The number of carbonyl (C=O) groups is 2. The van der Waals surface area contributed by atoms with Crippen LogP contribution in [-0.4, -0.2) is 33.9 Å². The van der Waals surface area contributed by atoms with Gasteiger partial charge in [0.1, 0.15) is 6.04 Å². The number of aliphatic imine (C=N–C) groups is 1. The molecule has 1 amide bonds. The van der Waals surface area contributed by atoms with E-state index in [4.69, 9.17) is 5.11 Å². The van der Waals surface area contributed by atoms with Gasteiger partial charge in [-0.25, -0.2) is 4.99 Å². The van der Waals surface area contributed by atoms with Crippen molar-refractivity contribution in [3.8, 4) is 0 Å². The zero-order valence-electron chi connectivity index (χ0n) is 22.9. The molecule has 0 saturated carbocycles. The van der Waals surface area contributed by atoms with Crippen molar-refractivity contribution in [3.05, 3.63) is 130 Å². The van der Waals surface area contributed by atoms with Crippen LogP contribution < -0.4 is 10.6 Å². The van der Waals surface area contributed by atoms with Crippen LogP contribution in [0.15, 0.2) is 102 Å². The van der Waals surface area contributed by atoms with Gasteiger partial charge in [0.15, 0.2) is 5.17 Å². The van der Waals surface area contributed by atoms with Gasteiger partial charge in [0, 0.05) is 17.8 Å². The number of amidine groups is 1. The number of thioether (sulfide) groups is 1. The van der Waals surface area contributed by atoms with Crippen LogP contribution in [0.1, 0.15) is 33.4 Å². The topological polar surface area (TPSA) is 90.8 Å². The van der Waals surface area contributed by atoms with Gasteiger partial charge in [-0.1, -0.05) is 84.6 Å². The Morgan fingerprint density at radius 1 is 0.902 bits per heavy atom. The number of carbonyl (C=O) groups excluding carboxylic acids is 1. The zero-order chi connectivity index (χ0) is 28.8. The number of amides is 1. The summed E-state index contributed by atoms with van der Waals surface area (Å²) >= 11 is 1.02. The van der Waals surface area contributed by atoms with E-state index in [1.165, 1.54) is 27.8 Å². The van der Waals surface area contributed by atoms with Crippen LogP contribution in [0.25, 0.3) is 11.6 Å². The van der Waals surface area contributed by atoms with E-state index >= 15 is 0 Å². The molecule has 0 saturated heterocycles. The zero-order valence-corrected chi connectivity index (χ0v) is 23.7. The molecule has 1 heterocycles. The lowest BCUT2D eigenvalue weighted by molar-refractivity contribution is -0.133. The number of rotatable bonds is 9. The Bertz CT molecular complexity index is 1610. The molecule has 0 radical (unpaired) electrons. The molecule has 7 heteroatoms. The smallest absolute Gasteiger partial charge is 0.313 e. The first-order chi connectivity index (χ1) is 19.8. The summed E-state index contributed by atoms with van der Waals surface area (Å²) in [7, 11) is 0.